The fourth-order valence-corrected chi connectivity index (χ4v) is 3.00. The smallest absolute Gasteiger partial charge is 0.419 e. The number of halogens is 3. The van der Waals surface area contributed by atoms with Gasteiger partial charge >= 0.3 is 12.1 Å². The quantitative estimate of drug-likeness (QED) is 0.475. The Morgan fingerprint density at radius 1 is 0.935 bits per heavy atom. The molecule has 168 valence electrons. The Bertz CT molecular complexity index is 854. The number of ether oxygens (including phenoxy) is 1. The number of carbonyl (C=O) groups is 2. The molecule has 0 fully saturated rings. The number of rotatable bonds is 12. The Morgan fingerprint density at radius 2 is 1.68 bits per heavy atom. The van der Waals surface area contributed by atoms with Gasteiger partial charge in [-0.2, -0.15) is 13.2 Å². The number of aliphatic carboxylic acids is 1. The topological polar surface area (TPSA) is 75.6 Å². The summed E-state index contributed by atoms with van der Waals surface area (Å²) in [6.45, 7) is 0.380. The van der Waals surface area contributed by atoms with Crippen LogP contribution in [0.4, 0.5) is 13.2 Å². The van der Waals surface area contributed by atoms with Crippen molar-refractivity contribution >= 4 is 11.9 Å². The molecule has 0 saturated heterocycles. The zero-order valence-electron chi connectivity index (χ0n) is 17.1. The van der Waals surface area contributed by atoms with Crippen LogP contribution in [0.25, 0.3) is 0 Å². The normalized spacial score (nSPS) is 11.2. The highest BCUT2D eigenvalue weighted by Crippen LogP contribution is 2.37. The van der Waals surface area contributed by atoms with Crippen molar-refractivity contribution in [2.45, 2.75) is 44.7 Å². The maximum atomic E-state index is 13.5. The molecule has 2 aromatic rings. The molecule has 0 aromatic heterocycles. The molecule has 0 atom stereocenters. The number of carbonyl (C=O) groups excluding carboxylic acids is 1. The number of amides is 1. The number of aryl methyl sites for hydroxylation is 2. The van der Waals surface area contributed by atoms with Crippen LogP contribution >= 0.6 is 0 Å². The van der Waals surface area contributed by atoms with Gasteiger partial charge in [-0.3, -0.25) is 9.59 Å². The van der Waals surface area contributed by atoms with Crippen LogP contribution in [0.5, 0.6) is 5.75 Å². The average molecular weight is 437 g/mol. The lowest BCUT2D eigenvalue weighted by molar-refractivity contribution is -0.139. The van der Waals surface area contributed by atoms with Crippen LogP contribution in [-0.2, 0) is 28.6 Å². The van der Waals surface area contributed by atoms with E-state index in [2.05, 4.69) is 5.32 Å². The van der Waals surface area contributed by atoms with E-state index < -0.39 is 17.7 Å². The molecular weight excluding hydrogens is 411 g/mol. The van der Waals surface area contributed by atoms with E-state index >= 15 is 0 Å². The van der Waals surface area contributed by atoms with Crippen molar-refractivity contribution in [2.24, 2.45) is 0 Å². The number of hydrogen-bond donors (Lipinski definition) is 2. The molecule has 2 N–H and O–H groups in total. The molecule has 5 nitrogen and oxygen atoms in total. The van der Waals surface area contributed by atoms with E-state index in [1.165, 1.54) is 12.1 Å². The van der Waals surface area contributed by atoms with Crippen molar-refractivity contribution in [1.29, 1.82) is 0 Å². The number of benzene rings is 2. The van der Waals surface area contributed by atoms with Gasteiger partial charge < -0.3 is 15.2 Å². The zero-order chi connectivity index (χ0) is 22.7. The lowest BCUT2D eigenvalue weighted by atomic mass is 10.0. The number of carboxylic acid groups (broad SMARTS) is 1. The van der Waals surface area contributed by atoms with Gasteiger partial charge in [0.1, 0.15) is 5.75 Å². The second-order valence-corrected chi connectivity index (χ2v) is 7.11. The van der Waals surface area contributed by atoms with Gasteiger partial charge in [-0.25, -0.2) is 0 Å². The predicted molar refractivity (Wildman–Crippen MR) is 110 cm³/mol. The molecule has 0 aliphatic heterocycles. The first-order valence-corrected chi connectivity index (χ1v) is 10.1. The van der Waals surface area contributed by atoms with Crippen LogP contribution in [0.2, 0.25) is 0 Å². The Morgan fingerprint density at radius 3 is 2.35 bits per heavy atom. The molecule has 0 aliphatic rings. The van der Waals surface area contributed by atoms with E-state index in [1.807, 2.05) is 30.3 Å². The molecule has 8 heteroatoms. The maximum absolute atomic E-state index is 13.5. The summed E-state index contributed by atoms with van der Waals surface area (Å²) in [5, 5.41) is 11.1. The van der Waals surface area contributed by atoms with Gasteiger partial charge in [-0.15, -0.1) is 0 Å². The lowest BCUT2D eigenvalue weighted by Gasteiger charge is -2.15. The first-order chi connectivity index (χ1) is 14.8. The van der Waals surface area contributed by atoms with Crippen molar-refractivity contribution in [3.63, 3.8) is 0 Å². The van der Waals surface area contributed by atoms with Gasteiger partial charge in [-0.05, 0) is 48.9 Å². The Kier molecular flexibility index (Phi) is 9.37. The molecule has 31 heavy (non-hydrogen) atoms. The SMILES string of the molecule is O=C(O)CCCNC(=O)CCc1ccc(OCCCc2ccccc2)c(C(F)(F)F)c1. The molecule has 0 spiro atoms. The van der Waals surface area contributed by atoms with Crippen molar-refractivity contribution in [1.82, 2.24) is 5.32 Å². The van der Waals surface area contributed by atoms with Gasteiger partial charge in [0.25, 0.3) is 0 Å². The second kappa shape index (κ2) is 12.0. The highest BCUT2D eigenvalue weighted by atomic mass is 19.4. The molecule has 0 radical (unpaired) electrons. The van der Waals surface area contributed by atoms with E-state index in [0.717, 1.165) is 11.6 Å². The van der Waals surface area contributed by atoms with Crippen LogP contribution in [0.3, 0.4) is 0 Å². The van der Waals surface area contributed by atoms with E-state index in [-0.39, 0.29) is 44.1 Å². The van der Waals surface area contributed by atoms with Gasteiger partial charge in [0, 0.05) is 19.4 Å². The van der Waals surface area contributed by atoms with Gasteiger partial charge in [-0.1, -0.05) is 36.4 Å². The molecule has 0 saturated carbocycles. The van der Waals surface area contributed by atoms with Crippen LogP contribution in [0.1, 0.15) is 42.4 Å². The lowest BCUT2D eigenvalue weighted by Crippen LogP contribution is -2.25. The highest BCUT2D eigenvalue weighted by Gasteiger charge is 2.34. The summed E-state index contributed by atoms with van der Waals surface area (Å²) in [7, 11) is 0. The zero-order valence-corrected chi connectivity index (χ0v) is 17.1. The minimum atomic E-state index is -4.57. The van der Waals surface area contributed by atoms with Gasteiger partial charge in [0.05, 0.1) is 12.2 Å². The molecule has 1 amide bonds. The molecule has 2 aromatic carbocycles. The van der Waals surface area contributed by atoms with Crippen LogP contribution in [-0.4, -0.2) is 30.1 Å². The first-order valence-electron chi connectivity index (χ1n) is 10.1. The van der Waals surface area contributed by atoms with Crippen molar-refractivity contribution in [3.8, 4) is 5.75 Å². The monoisotopic (exact) mass is 437 g/mol. The largest absolute Gasteiger partial charge is 0.493 e. The van der Waals surface area contributed by atoms with E-state index in [9.17, 15) is 22.8 Å². The third kappa shape index (κ3) is 9.11. The predicted octanol–water partition coefficient (Wildman–Crippen LogP) is 4.63. The summed E-state index contributed by atoms with van der Waals surface area (Å²) < 4.78 is 45.8. The van der Waals surface area contributed by atoms with E-state index in [4.69, 9.17) is 9.84 Å². The summed E-state index contributed by atoms with van der Waals surface area (Å²) in [5.41, 5.74) is 0.620. The highest BCUT2D eigenvalue weighted by molar-refractivity contribution is 5.76. The van der Waals surface area contributed by atoms with Gasteiger partial charge in [0.2, 0.25) is 5.91 Å². The summed E-state index contributed by atoms with van der Waals surface area (Å²) in [6, 6.07) is 13.5. The Balaban J connectivity index is 1.87. The summed E-state index contributed by atoms with van der Waals surface area (Å²) in [5.74, 6) is -1.50. The molecule has 0 unspecified atom stereocenters. The molecule has 2 rings (SSSR count). The summed E-state index contributed by atoms with van der Waals surface area (Å²) in [6.07, 6.45) is -2.86. The third-order valence-electron chi connectivity index (χ3n) is 4.59. The minimum Gasteiger partial charge on any atom is -0.493 e. The summed E-state index contributed by atoms with van der Waals surface area (Å²) in [4.78, 5) is 22.2. The van der Waals surface area contributed by atoms with Crippen molar-refractivity contribution in [2.75, 3.05) is 13.2 Å². The van der Waals surface area contributed by atoms with Crippen molar-refractivity contribution < 1.29 is 32.6 Å². The third-order valence-corrected chi connectivity index (χ3v) is 4.59. The Hall–Kier alpha value is -3.03. The Labute approximate surface area is 179 Å². The standard InChI is InChI=1S/C23H26F3NO4/c24-23(25,26)19-16-18(11-13-21(28)27-14-4-9-22(29)30)10-12-20(19)31-15-5-8-17-6-2-1-3-7-17/h1-3,6-7,10,12,16H,4-5,8-9,11,13-15H2,(H,27,28)(H,29,30). The minimum absolute atomic E-state index is 0.0155. The average Bonchev–Trinajstić information content (AvgIpc) is 2.73. The molecule has 0 aliphatic carbocycles. The first kappa shape index (κ1) is 24.2. The number of alkyl halides is 3. The molecular formula is C23H26F3NO4. The number of hydrogen-bond acceptors (Lipinski definition) is 3. The maximum Gasteiger partial charge on any atom is 0.419 e. The number of nitrogens with one attached hydrogen (secondary N) is 1. The van der Waals surface area contributed by atoms with E-state index in [1.54, 1.807) is 0 Å². The van der Waals surface area contributed by atoms with E-state index in [0.29, 0.717) is 24.8 Å². The fraction of sp³-hybridized carbons (Fsp3) is 0.391. The van der Waals surface area contributed by atoms with Crippen molar-refractivity contribution in [3.05, 3.63) is 65.2 Å². The van der Waals surface area contributed by atoms with Gasteiger partial charge in [0.15, 0.2) is 0 Å². The van der Waals surface area contributed by atoms with Crippen LogP contribution in [0.15, 0.2) is 48.5 Å². The second-order valence-electron chi connectivity index (χ2n) is 7.11. The molecule has 0 bridgehead atoms. The number of carboxylic acids is 1. The summed E-state index contributed by atoms with van der Waals surface area (Å²) >= 11 is 0. The van der Waals surface area contributed by atoms with Crippen LogP contribution < -0.4 is 10.1 Å². The molecule has 0 heterocycles. The van der Waals surface area contributed by atoms with Crippen LogP contribution in [0, 0.1) is 0 Å². The fourth-order valence-electron chi connectivity index (χ4n) is 3.00.